The van der Waals surface area contributed by atoms with E-state index in [0.29, 0.717) is 22.6 Å². The monoisotopic (exact) mass is 235 g/mol. The van der Waals surface area contributed by atoms with E-state index in [9.17, 15) is 8.78 Å². The van der Waals surface area contributed by atoms with E-state index in [4.69, 9.17) is 10.5 Å². The first kappa shape index (κ1) is 11.4. The lowest BCUT2D eigenvalue weighted by Gasteiger charge is -2.08. The summed E-state index contributed by atoms with van der Waals surface area (Å²) in [5.74, 6) is -1.15. The molecule has 0 saturated heterocycles. The molecule has 0 aliphatic rings. The van der Waals surface area contributed by atoms with Gasteiger partial charge in [-0.1, -0.05) is 6.07 Å². The fourth-order valence-corrected chi connectivity index (χ4v) is 1.59. The third-order valence-corrected chi connectivity index (χ3v) is 2.49. The second-order valence-electron chi connectivity index (χ2n) is 3.58. The molecule has 0 aliphatic heterocycles. The molecule has 0 aliphatic carbocycles. The Morgan fingerprint density at radius 1 is 1.00 bits per heavy atom. The molecule has 0 radical (unpaired) electrons. The topological polar surface area (TPSA) is 35.2 Å². The van der Waals surface area contributed by atoms with Gasteiger partial charge in [0.05, 0.1) is 7.11 Å². The molecule has 0 spiro atoms. The Morgan fingerprint density at radius 2 is 1.76 bits per heavy atom. The van der Waals surface area contributed by atoms with Crippen LogP contribution in [0.25, 0.3) is 11.1 Å². The molecule has 2 aromatic rings. The number of nitrogens with two attached hydrogens (primary N) is 1. The summed E-state index contributed by atoms with van der Waals surface area (Å²) in [7, 11) is 1.53. The Morgan fingerprint density at radius 3 is 2.35 bits per heavy atom. The maximum absolute atomic E-state index is 13.1. The van der Waals surface area contributed by atoms with E-state index < -0.39 is 11.6 Å². The first-order valence-corrected chi connectivity index (χ1v) is 5.01. The summed E-state index contributed by atoms with van der Waals surface area (Å²) < 4.78 is 30.9. The van der Waals surface area contributed by atoms with Crippen LogP contribution in [0.15, 0.2) is 36.4 Å². The van der Waals surface area contributed by atoms with Crippen LogP contribution in [0.2, 0.25) is 0 Å². The van der Waals surface area contributed by atoms with Gasteiger partial charge in [0.1, 0.15) is 5.75 Å². The van der Waals surface area contributed by atoms with Crippen LogP contribution in [0.4, 0.5) is 14.5 Å². The maximum atomic E-state index is 13.1. The Kier molecular flexibility index (Phi) is 2.95. The van der Waals surface area contributed by atoms with Gasteiger partial charge in [-0.2, -0.15) is 0 Å². The summed E-state index contributed by atoms with van der Waals surface area (Å²) in [6.07, 6.45) is 0. The van der Waals surface area contributed by atoms with Gasteiger partial charge in [0.15, 0.2) is 11.6 Å². The zero-order valence-corrected chi connectivity index (χ0v) is 9.21. The fourth-order valence-electron chi connectivity index (χ4n) is 1.59. The molecule has 0 amide bonds. The molecule has 0 heterocycles. The molecule has 2 nitrogen and oxygen atoms in total. The predicted molar refractivity (Wildman–Crippen MR) is 62.8 cm³/mol. The molecule has 0 atom stereocenters. The fraction of sp³-hybridized carbons (Fsp3) is 0.0769. The first-order chi connectivity index (χ1) is 8.11. The van der Waals surface area contributed by atoms with E-state index in [1.165, 1.54) is 13.2 Å². The van der Waals surface area contributed by atoms with Crippen LogP contribution in [-0.2, 0) is 0 Å². The third kappa shape index (κ3) is 2.20. The summed E-state index contributed by atoms with van der Waals surface area (Å²) in [6, 6.07) is 8.74. The molecule has 0 aromatic heterocycles. The number of ether oxygens (including phenoxy) is 1. The van der Waals surface area contributed by atoms with E-state index in [0.717, 1.165) is 12.1 Å². The zero-order valence-electron chi connectivity index (χ0n) is 9.21. The van der Waals surface area contributed by atoms with E-state index in [1.54, 1.807) is 18.2 Å². The molecule has 2 aromatic carbocycles. The molecule has 0 unspecified atom stereocenters. The van der Waals surface area contributed by atoms with Crippen molar-refractivity contribution in [2.45, 2.75) is 0 Å². The SMILES string of the molecule is COc1ccc(-c2ccc(F)c(F)c2)c(N)c1. The number of halogens is 2. The first-order valence-electron chi connectivity index (χ1n) is 5.01. The van der Waals surface area contributed by atoms with Crippen molar-refractivity contribution in [2.75, 3.05) is 12.8 Å². The van der Waals surface area contributed by atoms with Crippen molar-refractivity contribution >= 4 is 5.69 Å². The smallest absolute Gasteiger partial charge is 0.159 e. The number of methoxy groups -OCH3 is 1. The van der Waals surface area contributed by atoms with Crippen LogP contribution in [0.1, 0.15) is 0 Å². The Hall–Kier alpha value is -2.10. The molecule has 2 N–H and O–H groups in total. The molecule has 0 saturated carbocycles. The lowest BCUT2D eigenvalue weighted by Crippen LogP contribution is -1.93. The molecular weight excluding hydrogens is 224 g/mol. The number of hydrogen-bond donors (Lipinski definition) is 1. The third-order valence-electron chi connectivity index (χ3n) is 2.49. The van der Waals surface area contributed by atoms with Crippen molar-refractivity contribution in [3.63, 3.8) is 0 Å². The van der Waals surface area contributed by atoms with Gasteiger partial charge in [-0.3, -0.25) is 0 Å². The molecular formula is C13H11F2NO. The summed E-state index contributed by atoms with van der Waals surface area (Å²) in [5, 5.41) is 0. The lowest BCUT2D eigenvalue weighted by molar-refractivity contribution is 0.415. The Bertz CT molecular complexity index is 555. The number of rotatable bonds is 2. The van der Waals surface area contributed by atoms with Crippen LogP contribution in [0.5, 0.6) is 5.75 Å². The molecule has 0 bridgehead atoms. The second-order valence-corrected chi connectivity index (χ2v) is 3.58. The normalized spacial score (nSPS) is 10.3. The minimum Gasteiger partial charge on any atom is -0.497 e. The average Bonchev–Trinajstić information content (AvgIpc) is 2.32. The highest BCUT2D eigenvalue weighted by atomic mass is 19.2. The van der Waals surface area contributed by atoms with Crippen molar-refractivity contribution in [3.05, 3.63) is 48.0 Å². The van der Waals surface area contributed by atoms with Gasteiger partial charge in [-0.25, -0.2) is 8.78 Å². The van der Waals surface area contributed by atoms with E-state index in [-0.39, 0.29) is 0 Å². The van der Waals surface area contributed by atoms with Crippen LogP contribution in [0, 0.1) is 11.6 Å². The van der Waals surface area contributed by atoms with E-state index >= 15 is 0 Å². The second kappa shape index (κ2) is 4.41. The molecule has 88 valence electrons. The highest BCUT2D eigenvalue weighted by Gasteiger charge is 2.07. The van der Waals surface area contributed by atoms with Gasteiger partial charge in [-0.15, -0.1) is 0 Å². The highest BCUT2D eigenvalue weighted by Crippen LogP contribution is 2.30. The summed E-state index contributed by atoms with van der Waals surface area (Å²) in [5.41, 5.74) is 7.45. The van der Waals surface area contributed by atoms with Crippen molar-refractivity contribution in [1.29, 1.82) is 0 Å². The van der Waals surface area contributed by atoms with Gasteiger partial charge in [0, 0.05) is 17.3 Å². The standard InChI is InChI=1S/C13H11F2NO/c1-17-9-3-4-10(13(16)7-9)8-2-5-11(14)12(15)6-8/h2-7H,16H2,1H3. The summed E-state index contributed by atoms with van der Waals surface area (Å²) in [4.78, 5) is 0. The quantitative estimate of drug-likeness (QED) is 0.811. The number of anilines is 1. The molecule has 4 heteroatoms. The predicted octanol–water partition coefficient (Wildman–Crippen LogP) is 3.22. The van der Waals surface area contributed by atoms with E-state index in [1.807, 2.05) is 0 Å². The number of benzene rings is 2. The van der Waals surface area contributed by atoms with Crippen molar-refractivity contribution in [2.24, 2.45) is 0 Å². The summed E-state index contributed by atoms with van der Waals surface area (Å²) >= 11 is 0. The van der Waals surface area contributed by atoms with Gasteiger partial charge in [0.25, 0.3) is 0 Å². The van der Waals surface area contributed by atoms with E-state index in [2.05, 4.69) is 0 Å². The average molecular weight is 235 g/mol. The van der Waals surface area contributed by atoms with Gasteiger partial charge < -0.3 is 10.5 Å². The molecule has 0 fully saturated rings. The largest absolute Gasteiger partial charge is 0.497 e. The zero-order chi connectivity index (χ0) is 12.4. The number of hydrogen-bond acceptors (Lipinski definition) is 2. The lowest BCUT2D eigenvalue weighted by atomic mass is 10.0. The van der Waals surface area contributed by atoms with Crippen LogP contribution in [0.3, 0.4) is 0 Å². The maximum Gasteiger partial charge on any atom is 0.159 e. The minimum atomic E-state index is -0.891. The van der Waals surface area contributed by atoms with Gasteiger partial charge >= 0.3 is 0 Å². The van der Waals surface area contributed by atoms with Crippen molar-refractivity contribution in [3.8, 4) is 16.9 Å². The Labute approximate surface area is 97.6 Å². The van der Waals surface area contributed by atoms with Crippen LogP contribution < -0.4 is 10.5 Å². The number of nitrogen functional groups attached to an aromatic ring is 1. The highest BCUT2D eigenvalue weighted by molar-refractivity contribution is 5.77. The van der Waals surface area contributed by atoms with Crippen LogP contribution >= 0.6 is 0 Å². The van der Waals surface area contributed by atoms with Gasteiger partial charge in [-0.05, 0) is 29.8 Å². The molecule has 2 rings (SSSR count). The summed E-state index contributed by atoms with van der Waals surface area (Å²) in [6.45, 7) is 0. The minimum absolute atomic E-state index is 0.454. The Balaban J connectivity index is 2.49. The van der Waals surface area contributed by atoms with Crippen molar-refractivity contribution in [1.82, 2.24) is 0 Å². The van der Waals surface area contributed by atoms with Crippen LogP contribution in [-0.4, -0.2) is 7.11 Å². The van der Waals surface area contributed by atoms with Crippen molar-refractivity contribution < 1.29 is 13.5 Å². The molecule has 17 heavy (non-hydrogen) atoms. The van der Waals surface area contributed by atoms with Gasteiger partial charge in [0.2, 0.25) is 0 Å².